The van der Waals surface area contributed by atoms with E-state index in [1.807, 2.05) is 30.3 Å². The maximum Gasteiger partial charge on any atom is 0.230 e. The van der Waals surface area contributed by atoms with Gasteiger partial charge in [0, 0.05) is 24.4 Å². The number of amides is 1. The molecular formula is C19H23N3O4. The van der Waals surface area contributed by atoms with E-state index in [1.54, 1.807) is 33.5 Å². The zero-order chi connectivity index (χ0) is 18.5. The maximum absolute atomic E-state index is 12.8. The lowest BCUT2D eigenvalue weighted by Crippen LogP contribution is -2.29. The summed E-state index contributed by atoms with van der Waals surface area (Å²) in [6, 6.07) is 13.2. The molecule has 0 radical (unpaired) electrons. The van der Waals surface area contributed by atoms with E-state index < -0.39 is 0 Å². The zero-order valence-corrected chi connectivity index (χ0v) is 15.0. The van der Waals surface area contributed by atoms with Crippen LogP contribution in [0, 0.1) is 5.92 Å². The van der Waals surface area contributed by atoms with Gasteiger partial charge < -0.3 is 19.5 Å². The predicted molar refractivity (Wildman–Crippen MR) is 98.5 cm³/mol. The summed E-state index contributed by atoms with van der Waals surface area (Å²) < 4.78 is 16.0. The topological polar surface area (TPSA) is 80.9 Å². The first-order valence-electron chi connectivity index (χ1n) is 8.32. The van der Waals surface area contributed by atoms with Crippen LogP contribution in [0.1, 0.15) is 11.6 Å². The lowest BCUT2D eigenvalue weighted by Gasteiger charge is -2.19. The highest BCUT2D eigenvalue weighted by Crippen LogP contribution is 2.40. The third-order valence-corrected chi connectivity index (χ3v) is 4.41. The molecule has 1 aliphatic heterocycles. The summed E-state index contributed by atoms with van der Waals surface area (Å²) in [5.41, 5.74) is 7.89. The van der Waals surface area contributed by atoms with Crippen molar-refractivity contribution in [3.8, 4) is 17.2 Å². The molecule has 0 aliphatic carbocycles. The van der Waals surface area contributed by atoms with Crippen molar-refractivity contribution >= 4 is 11.6 Å². The summed E-state index contributed by atoms with van der Waals surface area (Å²) in [5.74, 6) is 1.12. The monoisotopic (exact) mass is 357 g/mol. The van der Waals surface area contributed by atoms with E-state index in [2.05, 4.69) is 16.2 Å². The van der Waals surface area contributed by atoms with Gasteiger partial charge in [-0.15, -0.1) is 0 Å². The van der Waals surface area contributed by atoms with E-state index in [0.717, 1.165) is 5.56 Å². The minimum Gasteiger partial charge on any atom is -0.493 e. The molecule has 2 unspecified atom stereocenters. The summed E-state index contributed by atoms with van der Waals surface area (Å²) >= 11 is 0. The second-order valence-corrected chi connectivity index (χ2v) is 5.92. The van der Waals surface area contributed by atoms with Crippen LogP contribution in [-0.4, -0.2) is 33.8 Å². The Morgan fingerprint density at radius 2 is 1.69 bits per heavy atom. The van der Waals surface area contributed by atoms with Crippen LogP contribution in [0.15, 0.2) is 42.5 Å². The number of ether oxygens (including phenoxy) is 3. The molecule has 7 heteroatoms. The minimum atomic E-state index is -0.253. The Morgan fingerprint density at radius 3 is 2.27 bits per heavy atom. The van der Waals surface area contributed by atoms with Gasteiger partial charge in [0.2, 0.25) is 11.7 Å². The molecule has 0 bridgehead atoms. The number of carbonyl (C=O) groups excluding carboxylic acids is 1. The number of rotatable bonds is 6. The van der Waals surface area contributed by atoms with E-state index in [-0.39, 0.29) is 17.9 Å². The first-order chi connectivity index (χ1) is 12.7. The molecular weight excluding hydrogens is 334 g/mol. The molecule has 1 fully saturated rings. The number of nitrogens with one attached hydrogen (secondary N) is 3. The Kier molecular flexibility index (Phi) is 5.60. The molecule has 3 rings (SSSR count). The van der Waals surface area contributed by atoms with Crippen LogP contribution in [0.2, 0.25) is 0 Å². The Hall–Kier alpha value is -2.77. The fraction of sp³-hybridized carbons (Fsp3) is 0.316. The Bertz CT molecular complexity index is 742. The van der Waals surface area contributed by atoms with Crippen molar-refractivity contribution in [3.05, 3.63) is 48.0 Å². The second kappa shape index (κ2) is 8.07. The number of anilines is 1. The SMILES string of the molecule is COc1cc(NC(=O)C2CNNC2c2ccccc2)cc(OC)c1OC. The number of carbonyl (C=O) groups is 1. The molecule has 7 nitrogen and oxygen atoms in total. The second-order valence-electron chi connectivity index (χ2n) is 5.92. The van der Waals surface area contributed by atoms with Gasteiger partial charge >= 0.3 is 0 Å². The highest BCUT2D eigenvalue weighted by atomic mass is 16.5. The smallest absolute Gasteiger partial charge is 0.230 e. The van der Waals surface area contributed by atoms with Crippen molar-refractivity contribution in [3.63, 3.8) is 0 Å². The average molecular weight is 357 g/mol. The van der Waals surface area contributed by atoms with E-state index in [9.17, 15) is 4.79 Å². The van der Waals surface area contributed by atoms with E-state index >= 15 is 0 Å². The summed E-state index contributed by atoms with van der Waals surface area (Å²) in [7, 11) is 4.62. The van der Waals surface area contributed by atoms with E-state index in [1.165, 1.54) is 0 Å². The summed E-state index contributed by atoms with van der Waals surface area (Å²) in [6.07, 6.45) is 0. The molecule has 2 atom stereocenters. The lowest BCUT2D eigenvalue weighted by molar-refractivity contribution is -0.119. The number of hydrogen-bond acceptors (Lipinski definition) is 6. The standard InChI is InChI=1S/C19H23N3O4/c1-24-15-9-13(10-16(25-2)18(15)26-3)21-19(23)14-11-20-22-17(14)12-7-5-4-6-8-12/h4-10,14,17,20,22H,11H2,1-3H3,(H,21,23). The predicted octanol–water partition coefficient (Wildman–Crippen LogP) is 2.12. The molecule has 138 valence electrons. The minimum absolute atomic E-state index is 0.0920. The molecule has 0 aromatic heterocycles. The first-order valence-corrected chi connectivity index (χ1v) is 8.32. The van der Waals surface area contributed by atoms with Crippen LogP contribution in [0.4, 0.5) is 5.69 Å². The van der Waals surface area contributed by atoms with Gasteiger partial charge in [-0.25, -0.2) is 5.43 Å². The third-order valence-electron chi connectivity index (χ3n) is 4.41. The maximum atomic E-state index is 12.8. The van der Waals surface area contributed by atoms with Crippen LogP contribution in [0.5, 0.6) is 17.2 Å². The van der Waals surface area contributed by atoms with Crippen LogP contribution in [0.3, 0.4) is 0 Å². The Morgan fingerprint density at radius 1 is 1.04 bits per heavy atom. The van der Waals surface area contributed by atoms with Gasteiger partial charge in [0.25, 0.3) is 0 Å². The van der Waals surface area contributed by atoms with Crippen molar-refractivity contribution in [2.45, 2.75) is 6.04 Å². The fourth-order valence-electron chi connectivity index (χ4n) is 3.11. The number of methoxy groups -OCH3 is 3. The molecule has 1 saturated heterocycles. The summed E-state index contributed by atoms with van der Waals surface area (Å²) in [4.78, 5) is 12.8. The van der Waals surface area contributed by atoms with Crippen molar-refractivity contribution in [1.82, 2.24) is 10.9 Å². The van der Waals surface area contributed by atoms with Crippen molar-refractivity contribution < 1.29 is 19.0 Å². The molecule has 1 aliphatic rings. The van der Waals surface area contributed by atoms with Gasteiger partial charge in [-0.2, -0.15) is 0 Å². The van der Waals surface area contributed by atoms with Gasteiger partial charge in [0.1, 0.15) is 0 Å². The molecule has 3 N–H and O–H groups in total. The molecule has 1 heterocycles. The van der Waals surface area contributed by atoms with Gasteiger partial charge in [0.05, 0.1) is 33.3 Å². The van der Waals surface area contributed by atoms with Gasteiger partial charge in [0.15, 0.2) is 11.5 Å². The quantitative estimate of drug-likeness (QED) is 0.735. The van der Waals surface area contributed by atoms with E-state index in [0.29, 0.717) is 29.5 Å². The van der Waals surface area contributed by atoms with Crippen LogP contribution in [0.25, 0.3) is 0 Å². The van der Waals surface area contributed by atoms with Crippen LogP contribution in [-0.2, 0) is 4.79 Å². The van der Waals surface area contributed by atoms with Crippen LogP contribution >= 0.6 is 0 Å². The Labute approximate surface area is 152 Å². The number of benzene rings is 2. The van der Waals surface area contributed by atoms with Crippen LogP contribution < -0.4 is 30.4 Å². The molecule has 26 heavy (non-hydrogen) atoms. The molecule has 2 aromatic carbocycles. The first kappa shape index (κ1) is 18.0. The number of hydrogen-bond donors (Lipinski definition) is 3. The normalized spacial score (nSPS) is 19.0. The highest BCUT2D eigenvalue weighted by molar-refractivity contribution is 5.94. The number of hydrazine groups is 1. The van der Waals surface area contributed by atoms with Crippen molar-refractivity contribution in [1.29, 1.82) is 0 Å². The summed E-state index contributed by atoms with van der Waals surface area (Å²) in [5, 5.41) is 2.95. The van der Waals surface area contributed by atoms with Gasteiger partial charge in [-0.3, -0.25) is 10.2 Å². The van der Waals surface area contributed by atoms with Crippen molar-refractivity contribution in [2.75, 3.05) is 33.2 Å². The van der Waals surface area contributed by atoms with Gasteiger partial charge in [-0.1, -0.05) is 30.3 Å². The zero-order valence-electron chi connectivity index (χ0n) is 15.0. The summed E-state index contributed by atoms with van der Waals surface area (Å²) in [6.45, 7) is 0.538. The lowest BCUT2D eigenvalue weighted by atomic mass is 9.94. The molecule has 0 spiro atoms. The molecule has 1 amide bonds. The third kappa shape index (κ3) is 3.58. The molecule has 2 aromatic rings. The highest BCUT2D eigenvalue weighted by Gasteiger charge is 2.34. The Balaban J connectivity index is 1.81. The average Bonchev–Trinajstić information content (AvgIpc) is 3.17. The molecule has 0 saturated carbocycles. The van der Waals surface area contributed by atoms with E-state index in [4.69, 9.17) is 14.2 Å². The van der Waals surface area contributed by atoms with Gasteiger partial charge in [-0.05, 0) is 5.56 Å². The fourth-order valence-corrected chi connectivity index (χ4v) is 3.11. The largest absolute Gasteiger partial charge is 0.493 e. The van der Waals surface area contributed by atoms with Crippen molar-refractivity contribution in [2.24, 2.45) is 5.92 Å².